The van der Waals surface area contributed by atoms with Crippen molar-refractivity contribution in [2.24, 2.45) is 0 Å². The second kappa shape index (κ2) is 4.54. The summed E-state index contributed by atoms with van der Waals surface area (Å²) in [4.78, 5) is 11.5. The van der Waals surface area contributed by atoms with Crippen molar-refractivity contribution in [1.82, 2.24) is 0 Å². The maximum Gasteiger partial charge on any atom is 0.336 e. The predicted octanol–water partition coefficient (Wildman–Crippen LogP) is 4.23. The lowest BCUT2D eigenvalue weighted by Crippen LogP contribution is -2.38. The Kier molecular flexibility index (Phi) is 2.64. The molecule has 0 bridgehead atoms. The lowest BCUT2D eigenvalue weighted by atomic mass is 9.78. The van der Waals surface area contributed by atoms with Crippen LogP contribution >= 0.6 is 11.6 Å². The molecule has 1 aromatic heterocycles. The molecular weight excluding hydrogens is 328 g/mol. The minimum absolute atomic E-state index is 0.00475. The zero-order valence-corrected chi connectivity index (χ0v) is 13.6. The highest BCUT2D eigenvalue weighted by molar-refractivity contribution is 6.30. The molecule has 3 aromatic rings. The van der Waals surface area contributed by atoms with Crippen LogP contribution in [0.15, 0.2) is 51.7 Å². The fourth-order valence-electron chi connectivity index (χ4n) is 3.85. The monoisotopic (exact) mass is 340 g/mol. The largest absolute Gasteiger partial charge is 0.492 e. The second-order valence-electron chi connectivity index (χ2n) is 6.36. The summed E-state index contributed by atoms with van der Waals surface area (Å²) in [5.41, 5.74) is 1.59. The van der Waals surface area contributed by atoms with E-state index in [9.17, 15) is 4.79 Å². The van der Waals surface area contributed by atoms with Gasteiger partial charge in [0, 0.05) is 27.6 Å². The average molecular weight is 341 g/mol. The van der Waals surface area contributed by atoms with Gasteiger partial charge >= 0.3 is 5.63 Å². The van der Waals surface area contributed by atoms with E-state index in [4.69, 9.17) is 25.5 Å². The quantitative estimate of drug-likeness (QED) is 0.575. The summed E-state index contributed by atoms with van der Waals surface area (Å²) < 4.78 is 17.6. The van der Waals surface area contributed by atoms with Gasteiger partial charge in [-0.3, -0.25) is 0 Å². The molecule has 0 saturated carbocycles. The molecule has 4 nitrogen and oxygen atoms in total. The van der Waals surface area contributed by atoms with Gasteiger partial charge in [0.25, 0.3) is 0 Å². The first kappa shape index (κ1) is 13.9. The van der Waals surface area contributed by atoms with Crippen molar-refractivity contribution in [3.8, 4) is 11.5 Å². The van der Waals surface area contributed by atoms with E-state index in [1.807, 2.05) is 24.3 Å². The van der Waals surface area contributed by atoms with Crippen LogP contribution in [0.25, 0.3) is 11.0 Å². The summed E-state index contributed by atoms with van der Waals surface area (Å²) in [6, 6.07) is 12.5. The maximum atomic E-state index is 11.5. The Balaban J connectivity index is 1.78. The van der Waals surface area contributed by atoms with Gasteiger partial charge < -0.3 is 13.9 Å². The molecule has 0 saturated heterocycles. The summed E-state index contributed by atoms with van der Waals surface area (Å²) in [5, 5.41) is 1.53. The van der Waals surface area contributed by atoms with Crippen molar-refractivity contribution in [2.45, 2.75) is 18.4 Å². The molecule has 0 amide bonds. The van der Waals surface area contributed by atoms with Gasteiger partial charge in [-0.15, -0.1) is 0 Å². The SMILES string of the molecule is CC12Oc3ccc4oc(=O)ccc4c3C1COc1ccc(Cl)cc12. The molecule has 5 heteroatoms. The number of halogens is 1. The minimum Gasteiger partial charge on any atom is -0.492 e. The van der Waals surface area contributed by atoms with Gasteiger partial charge in [0.1, 0.15) is 22.7 Å². The van der Waals surface area contributed by atoms with Crippen LogP contribution in [-0.2, 0) is 5.60 Å². The first-order chi connectivity index (χ1) is 11.6. The Labute approximate surface area is 142 Å². The Morgan fingerprint density at radius 1 is 1.12 bits per heavy atom. The van der Waals surface area contributed by atoms with Crippen LogP contribution in [0.3, 0.4) is 0 Å². The normalized spacial score (nSPS) is 23.8. The van der Waals surface area contributed by atoms with E-state index < -0.39 is 5.60 Å². The van der Waals surface area contributed by atoms with Crippen LogP contribution in [0.1, 0.15) is 24.0 Å². The molecule has 2 atom stereocenters. The molecule has 2 aliphatic rings. The standard InChI is InChI=1S/C19H13ClO4/c1-19-12-8-10(20)2-4-15(12)22-9-13(19)18-11-3-7-17(21)23-14(11)5-6-16(18)24-19/h2-8,13H,9H2,1H3. The number of hydrogen-bond acceptors (Lipinski definition) is 4. The summed E-state index contributed by atoms with van der Waals surface area (Å²) in [5.74, 6) is 1.58. The Bertz CT molecular complexity index is 1050. The number of rotatable bonds is 0. The Morgan fingerprint density at radius 3 is 2.83 bits per heavy atom. The van der Waals surface area contributed by atoms with Crippen molar-refractivity contribution in [1.29, 1.82) is 0 Å². The highest BCUT2D eigenvalue weighted by atomic mass is 35.5. The van der Waals surface area contributed by atoms with Crippen LogP contribution in [0.2, 0.25) is 5.02 Å². The molecule has 0 radical (unpaired) electrons. The topological polar surface area (TPSA) is 48.7 Å². The van der Waals surface area contributed by atoms with Crippen LogP contribution < -0.4 is 15.1 Å². The molecule has 0 fully saturated rings. The van der Waals surface area contributed by atoms with E-state index in [-0.39, 0.29) is 11.5 Å². The van der Waals surface area contributed by atoms with Gasteiger partial charge in [-0.2, -0.15) is 0 Å². The lowest BCUT2D eigenvalue weighted by molar-refractivity contribution is 0.0436. The maximum absolute atomic E-state index is 11.5. The van der Waals surface area contributed by atoms with E-state index in [1.54, 1.807) is 12.1 Å². The molecule has 0 N–H and O–H groups in total. The van der Waals surface area contributed by atoms with Gasteiger partial charge in [-0.25, -0.2) is 4.79 Å². The second-order valence-corrected chi connectivity index (χ2v) is 6.79. The predicted molar refractivity (Wildman–Crippen MR) is 90.2 cm³/mol. The van der Waals surface area contributed by atoms with E-state index in [0.717, 1.165) is 28.0 Å². The third kappa shape index (κ3) is 1.72. The van der Waals surface area contributed by atoms with Gasteiger partial charge in [0.05, 0.1) is 12.5 Å². The van der Waals surface area contributed by atoms with Crippen molar-refractivity contribution in [3.63, 3.8) is 0 Å². The highest BCUT2D eigenvalue weighted by Crippen LogP contribution is 2.56. The van der Waals surface area contributed by atoms with Gasteiger partial charge in [0.15, 0.2) is 0 Å². The van der Waals surface area contributed by atoms with E-state index in [1.165, 1.54) is 6.07 Å². The number of fused-ring (bicyclic) bond motifs is 7. The molecule has 24 heavy (non-hydrogen) atoms. The van der Waals surface area contributed by atoms with Gasteiger partial charge in [-0.1, -0.05) is 11.6 Å². The molecule has 0 spiro atoms. The first-order valence-corrected chi connectivity index (χ1v) is 8.13. The van der Waals surface area contributed by atoms with E-state index >= 15 is 0 Å². The Hall–Kier alpha value is -2.46. The smallest absolute Gasteiger partial charge is 0.336 e. The highest BCUT2D eigenvalue weighted by Gasteiger charge is 2.51. The average Bonchev–Trinajstić information content (AvgIpc) is 2.87. The molecule has 3 heterocycles. The summed E-state index contributed by atoms with van der Waals surface area (Å²) in [6.07, 6.45) is 0. The molecule has 5 rings (SSSR count). The van der Waals surface area contributed by atoms with E-state index in [0.29, 0.717) is 17.2 Å². The minimum atomic E-state index is -0.564. The van der Waals surface area contributed by atoms with Crippen LogP contribution in [0, 0.1) is 0 Å². The van der Waals surface area contributed by atoms with Crippen molar-refractivity contribution in [2.75, 3.05) is 6.61 Å². The zero-order chi connectivity index (χ0) is 16.5. The lowest BCUT2D eigenvalue weighted by Gasteiger charge is -2.37. The van der Waals surface area contributed by atoms with Gasteiger partial charge in [0.2, 0.25) is 0 Å². The molecule has 120 valence electrons. The summed E-state index contributed by atoms with van der Waals surface area (Å²) in [6.45, 7) is 2.55. The van der Waals surface area contributed by atoms with E-state index in [2.05, 4.69) is 6.92 Å². The fraction of sp³-hybridized carbons (Fsp3) is 0.211. The molecule has 2 aliphatic heterocycles. The fourth-order valence-corrected chi connectivity index (χ4v) is 4.02. The van der Waals surface area contributed by atoms with Crippen molar-refractivity contribution in [3.05, 3.63) is 69.0 Å². The molecule has 0 aliphatic carbocycles. The zero-order valence-electron chi connectivity index (χ0n) is 12.8. The summed E-state index contributed by atoms with van der Waals surface area (Å²) in [7, 11) is 0. The molecular formula is C19H13ClO4. The van der Waals surface area contributed by atoms with Crippen molar-refractivity contribution < 1.29 is 13.9 Å². The van der Waals surface area contributed by atoms with Crippen molar-refractivity contribution >= 4 is 22.6 Å². The third-order valence-corrected chi connectivity index (χ3v) is 5.26. The Morgan fingerprint density at radius 2 is 1.96 bits per heavy atom. The first-order valence-electron chi connectivity index (χ1n) is 7.75. The van der Waals surface area contributed by atoms with Gasteiger partial charge in [-0.05, 0) is 43.3 Å². The molecule has 2 unspecified atom stereocenters. The number of hydrogen-bond donors (Lipinski definition) is 0. The van der Waals surface area contributed by atoms with Crippen LogP contribution in [0.5, 0.6) is 11.5 Å². The van der Waals surface area contributed by atoms with Crippen LogP contribution in [0.4, 0.5) is 0 Å². The third-order valence-electron chi connectivity index (χ3n) is 5.02. The number of benzene rings is 2. The number of ether oxygens (including phenoxy) is 2. The summed E-state index contributed by atoms with van der Waals surface area (Å²) >= 11 is 6.19. The van der Waals surface area contributed by atoms with Crippen LogP contribution in [-0.4, -0.2) is 6.61 Å². The molecule has 2 aromatic carbocycles.